The van der Waals surface area contributed by atoms with Crippen molar-refractivity contribution >= 4 is 34.1 Å². The van der Waals surface area contributed by atoms with Crippen LogP contribution in [0.2, 0.25) is 0 Å². The van der Waals surface area contributed by atoms with Crippen molar-refractivity contribution in [2.45, 2.75) is 19.5 Å². The van der Waals surface area contributed by atoms with Crippen LogP contribution in [0.4, 0.5) is 0 Å². The predicted molar refractivity (Wildman–Crippen MR) is 108 cm³/mol. The molecule has 1 amide bonds. The lowest BCUT2D eigenvalue weighted by molar-refractivity contribution is -0.121. The van der Waals surface area contributed by atoms with Crippen LogP contribution in [0.5, 0.6) is 0 Å². The fourth-order valence-corrected chi connectivity index (χ4v) is 2.62. The Hall–Kier alpha value is -3.26. The SMILES string of the molecule is O=C(CCn1cnc2ccccc2c1=O)NNC(=S)NCc1ccccc1. The van der Waals surface area contributed by atoms with E-state index in [1.807, 2.05) is 36.4 Å². The third-order valence-electron chi connectivity index (χ3n) is 3.92. The van der Waals surface area contributed by atoms with Crippen molar-refractivity contribution in [3.8, 4) is 0 Å². The van der Waals surface area contributed by atoms with Gasteiger partial charge in [-0.05, 0) is 29.9 Å². The van der Waals surface area contributed by atoms with E-state index in [-0.39, 0.29) is 24.4 Å². The van der Waals surface area contributed by atoms with Crippen molar-refractivity contribution in [3.05, 3.63) is 76.8 Å². The van der Waals surface area contributed by atoms with E-state index in [2.05, 4.69) is 21.2 Å². The average Bonchev–Trinajstić information content (AvgIpc) is 2.71. The highest BCUT2D eigenvalue weighted by Gasteiger charge is 2.06. The van der Waals surface area contributed by atoms with E-state index in [4.69, 9.17) is 12.2 Å². The van der Waals surface area contributed by atoms with Gasteiger partial charge in [0.1, 0.15) is 0 Å². The van der Waals surface area contributed by atoms with Crippen LogP contribution in [-0.2, 0) is 17.9 Å². The molecule has 0 saturated heterocycles. The van der Waals surface area contributed by atoms with E-state index in [9.17, 15) is 9.59 Å². The van der Waals surface area contributed by atoms with Crippen molar-refractivity contribution in [2.24, 2.45) is 0 Å². The Labute approximate surface area is 161 Å². The maximum Gasteiger partial charge on any atom is 0.261 e. The zero-order valence-electron chi connectivity index (χ0n) is 14.5. The van der Waals surface area contributed by atoms with Crippen LogP contribution >= 0.6 is 12.2 Å². The Bertz CT molecular complexity index is 1000. The third kappa shape index (κ3) is 5.11. The molecule has 0 spiro atoms. The maximum atomic E-state index is 12.4. The van der Waals surface area contributed by atoms with E-state index in [1.54, 1.807) is 18.2 Å². The van der Waals surface area contributed by atoms with E-state index < -0.39 is 0 Å². The first-order valence-corrected chi connectivity index (χ1v) is 8.85. The molecule has 3 aromatic rings. The van der Waals surface area contributed by atoms with E-state index in [1.165, 1.54) is 10.9 Å². The number of para-hydroxylation sites is 1. The molecule has 0 aliphatic carbocycles. The van der Waals surface area contributed by atoms with Gasteiger partial charge in [-0.2, -0.15) is 0 Å². The van der Waals surface area contributed by atoms with Crippen LogP contribution in [0.25, 0.3) is 10.9 Å². The number of carbonyl (C=O) groups is 1. The van der Waals surface area contributed by atoms with Gasteiger partial charge in [0.2, 0.25) is 5.91 Å². The summed E-state index contributed by atoms with van der Waals surface area (Å²) in [5, 5.41) is 3.85. The number of carbonyl (C=O) groups excluding carboxylic acids is 1. The molecule has 0 atom stereocenters. The largest absolute Gasteiger partial charge is 0.357 e. The van der Waals surface area contributed by atoms with Crippen LogP contribution < -0.4 is 21.7 Å². The molecule has 3 rings (SSSR count). The standard InChI is InChI=1S/C19H19N5O2S/c25-17(22-23-19(27)20-12-14-6-2-1-3-7-14)10-11-24-13-21-16-9-5-4-8-15(16)18(24)26/h1-9,13H,10-12H2,(H,22,25)(H2,20,23,27). The second kappa shape index (κ2) is 8.91. The minimum Gasteiger partial charge on any atom is -0.357 e. The fraction of sp³-hybridized carbons (Fsp3) is 0.158. The zero-order chi connectivity index (χ0) is 19.1. The number of hydrogen-bond donors (Lipinski definition) is 3. The Kier molecular flexibility index (Phi) is 6.11. The number of fused-ring (bicyclic) bond motifs is 1. The number of benzene rings is 2. The predicted octanol–water partition coefficient (Wildman–Crippen LogP) is 1.48. The minimum absolute atomic E-state index is 0.119. The highest BCUT2D eigenvalue weighted by atomic mass is 32.1. The molecule has 0 unspecified atom stereocenters. The monoisotopic (exact) mass is 381 g/mol. The molecule has 8 heteroatoms. The van der Waals surface area contributed by atoms with Crippen LogP contribution in [-0.4, -0.2) is 20.6 Å². The van der Waals surface area contributed by atoms with Crippen molar-refractivity contribution in [1.29, 1.82) is 0 Å². The van der Waals surface area contributed by atoms with Gasteiger partial charge in [-0.1, -0.05) is 42.5 Å². The molecule has 7 nitrogen and oxygen atoms in total. The summed E-state index contributed by atoms with van der Waals surface area (Å²) < 4.78 is 1.42. The molecule has 0 fully saturated rings. The third-order valence-corrected chi connectivity index (χ3v) is 4.17. The first-order valence-electron chi connectivity index (χ1n) is 8.44. The second-order valence-electron chi connectivity index (χ2n) is 5.85. The summed E-state index contributed by atoms with van der Waals surface area (Å²) in [5.41, 5.74) is 6.72. The van der Waals surface area contributed by atoms with Crippen molar-refractivity contribution in [3.63, 3.8) is 0 Å². The number of thiocarbonyl (C=S) groups is 1. The molecule has 0 bridgehead atoms. The molecule has 0 aliphatic rings. The first kappa shape index (κ1) is 18.5. The Morgan fingerprint density at radius 2 is 1.78 bits per heavy atom. The summed E-state index contributed by atoms with van der Waals surface area (Å²) in [6.07, 6.45) is 1.58. The zero-order valence-corrected chi connectivity index (χ0v) is 15.3. The van der Waals surface area contributed by atoms with Crippen LogP contribution in [0, 0.1) is 0 Å². The summed E-state index contributed by atoms with van der Waals surface area (Å²) >= 11 is 5.12. The van der Waals surface area contributed by atoms with Gasteiger partial charge in [0.15, 0.2) is 5.11 Å². The summed E-state index contributed by atoms with van der Waals surface area (Å²) in [5.74, 6) is -0.279. The average molecular weight is 381 g/mol. The maximum absolute atomic E-state index is 12.4. The second-order valence-corrected chi connectivity index (χ2v) is 6.26. The Balaban J connectivity index is 1.45. The highest BCUT2D eigenvalue weighted by Crippen LogP contribution is 2.04. The molecule has 0 saturated carbocycles. The summed E-state index contributed by atoms with van der Waals surface area (Å²) in [4.78, 5) is 28.6. The topological polar surface area (TPSA) is 88.0 Å². The number of aryl methyl sites for hydroxylation is 1. The first-order chi connectivity index (χ1) is 13.1. The fourth-order valence-electron chi connectivity index (χ4n) is 2.50. The molecule has 0 aliphatic heterocycles. The Morgan fingerprint density at radius 3 is 2.59 bits per heavy atom. The van der Waals surface area contributed by atoms with Gasteiger partial charge < -0.3 is 5.32 Å². The quantitative estimate of drug-likeness (QED) is 0.458. The molecule has 138 valence electrons. The van der Waals surface area contributed by atoms with Gasteiger partial charge in [-0.25, -0.2) is 4.98 Å². The summed E-state index contributed by atoms with van der Waals surface area (Å²) in [6, 6.07) is 16.9. The normalized spacial score (nSPS) is 10.4. The molecule has 1 heterocycles. The number of rotatable bonds is 5. The van der Waals surface area contributed by atoms with Gasteiger partial charge in [-0.15, -0.1) is 0 Å². The van der Waals surface area contributed by atoms with Gasteiger partial charge in [-0.3, -0.25) is 25.0 Å². The molecule has 3 N–H and O–H groups in total. The molecule has 1 aromatic heterocycles. The van der Waals surface area contributed by atoms with E-state index in [0.717, 1.165) is 5.56 Å². The van der Waals surface area contributed by atoms with E-state index >= 15 is 0 Å². The highest BCUT2D eigenvalue weighted by molar-refractivity contribution is 7.80. The van der Waals surface area contributed by atoms with Crippen molar-refractivity contribution in [1.82, 2.24) is 25.7 Å². The number of nitrogens with one attached hydrogen (secondary N) is 3. The van der Waals surface area contributed by atoms with Crippen LogP contribution in [0.15, 0.2) is 65.7 Å². The van der Waals surface area contributed by atoms with Gasteiger partial charge >= 0.3 is 0 Å². The number of amides is 1. The number of nitrogens with zero attached hydrogens (tertiary/aromatic N) is 2. The Morgan fingerprint density at radius 1 is 1.04 bits per heavy atom. The molecule has 0 radical (unpaired) electrons. The van der Waals surface area contributed by atoms with Gasteiger partial charge in [0.05, 0.1) is 17.2 Å². The van der Waals surface area contributed by atoms with Crippen LogP contribution in [0.1, 0.15) is 12.0 Å². The lowest BCUT2D eigenvalue weighted by atomic mass is 10.2. The van der Waals surface area contributed by atoms with Crippen LogP contribution in [0.3, 0.4) is 0 Å². The molecule has 27 heavy (non-hydrogen) atoms. The van der Waals surface area contributed by atoms with E-state index in [0.29, 0.717) is 22.6 Å². The smallest absolute Gasteiger partial charge is 0.261 e. The lowest BCUT2D eigenvalue weighted by Crippen LogP contribution is -2.46. The van der Waals surface area contributed by atoms with Crippen molar-refractivity contribution < 1.29 is 4.79 Å². The summed E-state index contributed by atoms with van der Waals surface area (Å²) in [7, 11) is 0. The van der Waals surface area contributed by atoms with Gasteiger partial charge in [0.25, 0.3) is 5.56 Å². The number of hydrazine groups is 1. The lowest BCUT2D eigenvalue weighted by Gasteiger charge is -2.12. The number of hydrogen-bond acceptors (Lipinski definition) is 4. The van der Waals surface area contributed by atoms with Crippen molar-refractivity contribution in [2.75, 3.05) is 0 Å². The molecular formula is C19H19N5O2S. The molecular weight excluding hydrogens is 362 g/mol. The summed E-state index contributed by atoms with van der Waals surface area (Å²) in [6.45, 7) is 0.787. The number of aromatic nitrogens is 2. The minimum atomic E-state index is -0.279. The molecule has 2 aromatic carbocycles. The van der Waals surface area contributed by atoms with Gasteiger partial charge in [0, 0.05) is 19.5 Å².